The normalized spacial score (nSPS) is 14.5. The number of anilines is 1. The highest BCUT2D eigenvalue weighted by Gasteiger charge is 2.29. The maximum Gasteiger partial charge on any atom is 0.243 e. The van der Waals surface area contributed by atoms with Crippen LogP contribution >= 0.6 is 0 Å². The molecule has 0 aromatic heterocycles. The smallest absolute Gasteiger partial charge is 0.243 e. The van der Waals surface area contributed by atoms with E-state index in [1.165, 1.54) is 10.4 Å². The molecule has 0 atom stereocenters. The van der Waals surface area contributed by atoms with Gasteiger partial charge in [-0.3, -0.25) is 4.79 Å². The first-order valence-corrected chi connectivity index (χ1v) is 12.1. The lowest BCUT2D eigenvalue weighted by Crippen LogP contribution is -2.51. The minimum Gasteiger partial charge on any atom is -0.497 e. The fourth-order valence-corrected chi connectivity index (χ4v) is 5.27. The van der Waals surface area contributed by atoms with E-state index in [1.807, 2.05) is 24.3 Å². The number of carbonyl (C=O) groups is 1. The molecular formula is C23H31N3O5S. The van der Waals surface area contributed by atoms with Crippen molar-refractivity contribution in [3.63, 3.8) is 0 Å². The van der Waals surface area contributed by atoms with Gasteiger partial charge in [0, 0.05) is 38.4 Å². The van der Waals surface area contributed by atoms with Gasteiger partial charge in [0.05, 0.1) is 25.7 Å². The summed E-state index contributed by atoms with van der Waals surface area (Å²) in [5, 5.41) is 0. The zero-order valence-electron chi connectivity index (χ0n) is 19.1. The van der Waals surface area contributed by atoms with E-state index in [9.17, 15) is 13.2 Å². The standard InChI is InChI=1S/C23H31N3O5S/c1-5-26(32(28,29)21-10-11-22(31-4)18(2)16-21)17-23(27)25-14-12-24(13-15-25)19-6-8-20(30-3)9-7-19/h6-11,16H,5,12-15,17H2,1-4H3. The summed E-state index contributed by atoms with van der Waals surface area (Å²) >= 11 is 0. The average Bonchev–Trinajstić information content (AvgIpc) is 2.82. The second-order valence-electron chi connectivity index (χ2n) is 7.63. The Labute approximate surface area is 190 Å². The molecule has 1 amide bonds. The van der Waals surface area contributed by atoms with E-state index in [4.69, 9.17) is 9.47 Å². The van der Waals surface area contributed by atoms with Gasteiger partial charge in [0.25, 0.3) is 0 Å². The number of rotatable bonds is 8. The summed E-state index contributed by atoms with van der Waals surface area (Å²) in [6, 6.07) is 12.6. The molecule has 2 aromatic rings. The molecule has 3 rings (SSSR count). The second kappa shape index (κ2) is 10.2. The number of hydrogen-bond acceptors (Lipinski definition) is 6. The van der Waals surface area contributed by atoms with Crippen LogP contribution < -0.4 is 14.4 Å². The van der Waals surface area contributed by atoms with Crippen LogP contribution in [0.2, 0.25) is 0 Å². The zero-order chi connectivity index (χ0) is 23.3. The number of hydrogen-bond donors (Lipinski definition) is 0. The van der Waals surface area contributed by atoms with E-state index >= 15 is 0 Å². The summed E-state index contributed by atoms with van der Waals surface area (Å²) in [7, 11) is -0.607. The number of piperazine rings is 1. The van der Waals surface area contributed by atoms with Gasteiger partial charge in [-0.1, -0.05) is 6.92 Å². The van der Waals surface area contributed by atoms with Crippen molar-refractivity contribution in [2.45, 2.75) is 18.7 Å². The lowest BCUT2D eigenvalue weighted by Gasteiger charge is -2.37. The first-order chi connectivity index (χ1) is 15.3. The average molecular weight is 462 g/mol. The number of carbonyl (C=O) groups excluding carboxylic acids is 1. The van der Waals surface area contributed by atoms with Crippen molar-refractivity contribution in [2.24, 2.45) is 0 Å². The van der Waals surface area contributed by atoms with Crippen LogP contribution in [0.4, 0.5) is 5.69 Å². The van der Waals surface area contributed by atoms with Gasteiger partial charge in [0.2, 0.25) is 15.9 Å². The number of sulfonamides is 1. The number of aryl methyl sites for hydroxylation is 1. The molecule has 1 fully saturated rings. The SMILES string of the molecule is CCN(CC(=O)N1CCN(c2ccc(OC)cc2)CC1)S(=O)(=O)c1ccc(OC)c(C)c1. The largest absolute Gasteiger partial charge is 0.497 e. The Balaban J connectivity index is 1.63. The van der Waals surface area contributed by atoms with E-state index < -0.39 is 10.0 Å². The summed E-state index contributed by atoms with van der Waals surface area (Å²) in [6.07, 6.45) is 0. The molecule has 0 saturated carbocycles. The van der Waals surface area contributed by atoms with Gasteiger partial charge >= 0.3 is 0 Å². The van der Waals surface area contributed by atoms with Crippen LogP contribution in [0.3, 0.4) is 0 Å². The van der Waals surface area contributed by atoms with Crippen molar-refractivity contribution in [3.8, 4) is 11.5 Å². The molecule has 1 saturated heterocycles. The number of ether oxygens (including phenoxy) is 2. The molecule has 0 radical (unpaired) electrons. The molecule has 0 unspecified atom stereocenters. The topological polar surface area (TPSA) is 79.4 Å². The molecule has 9 heteroatoms. The molecule has 0 bridgehead atoms. The number of amides is 1. The van der Waals surface area contributed by atoms with Crippen molar-refractivity contribution < 1.29 is 22.7 Å². The molecule has 0 N–H and O–H groups in total. The summed E-state index contributed by atoms with van der Waals surface area (Å²) in [4.78, 5) is 17.0. The lowest BCUT2D eigenvalue weighted by atomic mass is 10.2. The third kappa shape index (κ3) is 5.16. The van der Waals surface area contributed by atoms with E-state index in [0.29, 0.717) is 31.9 Å². The van der Waals surface area contributed by atoms with Gasteiger partial charge in [-0.2, -0.15) is 4.31 Å². The molecule has 1 aliphatic heterocycles. The second-order valence-corrected chi connectivity index (χ2v) is 9.57. The van der Waals surface area contributed by atoms with Crippen molar-refractivity contribution in [1.29, 1.82) is 0 Å². The third-order valence-electron chi connectivity index (χ3n) is 5.74. The van der Waals surface area contributed by atoms with Crippen LogP contribution in [0.5, 0.6) is 11.5 Å². The number of nitrogens with zero attached hydrogens (tertiary/aromatic N) is 3. The Hall–Kier alpha value is -2.78. The summed E-state index contributed by atoms with van der Waals surface area (Å²) in [6.45, 7) is 6.04. The summed E-state index contributed by atoms with van der Waals surface area (Å²) in [5.74, 6) is 1.24. The van der Waals surface area contributed by atoms with E-state index in [2.05, 4.69) is 4.90 Å². The number of likely N-dealkylation sites (N-methyl/N-ethyl adjacent to an activating group) is 1. The van der Waals surface area contributed by atoms with Gasteiger partial charge in [0.15, 0.2) is 0 Å². The summed E-state index contributed by atoms with van der Waals surface area (Å²) < 4.78 is 37.9. The molecule has 0 aliphatic carbocycles. The van der Waals surface area contributed by atoms with E-state index in [-0.39, 0.29) is 23.9 Å². The molecule has 1 aliphatic rings. The van der Waals surface area contributed by atoms with E-state index in [1.54, 1.807) is 45.1 Å². The molecule has 174 valence electrons. The fraction of sp³-hybridized carbons (Fsp3) is 0.435. The van der Waals surface area contributed by atoms with Crippen LogP contribution in [-0.2, 0) is 14.8 Å². The highest BCUT2D eigenvalue weighted by molar-refractivity contribution is 7.89. The molecule has 32 heavy (non-hydrogen) atoms. The monoisotopic (exact) mass is 461 g/mol. The van der Waals surface area contributed by atoms with Crippen LogP contribution in [0.15, 0.2) is 47.4 Å². The highest BCUT2D eigenvalue weighted by atomic mass is 32.2. The van der Waals surface area contributed by atoms with Gasteiger partial charge in [0.1, 0.15) is 11.5 Å². The Kier molecular flexibility index (Phi) is 7.63. The highest BCUT2D eigenvalue weighted by Crippen LogP contribution is 2.24. The minimum absolute atomic E-state index is 0.162. The van der Waals surface area contributed by atoms with Crippen LogP contribution in [-0.4, -0.2) is 77.0 Å². The van der Waals surface area contributed by atoms with Crippen LogP contribution in [0.25, 0.3) is 0 Å². The molecule has 8 nitrogen and oxygen atoms in total. The third-order valence-corrected chi connectivity index (χ3v) is 7.66. The Morgan fingerprint density at radius 3 is 2.19 bits per heavy atom. The van der Waals surface area contributed by atoms with Crippen LogP contribution in [0, 0.1) is 6.92 Å². The Bertz CT molecular complexity index is 1030. The van der Waals surface area contributed by atoms with Crippen molar-refractivity contribution in [3.05, 3.63) is 48.0 Å². The van der Waals surface area contributed by atoms with Gasteiger partial charge in [-0.15, -0.1) is 0 Å². The number of methoxy groups -OCH3 is 2. The van der Waals surface area contributed by atoms with Crippen molar-refractivity contribution in [1.82, 2.24) is 9.21 Å². The molecular weight excluding hydrogens is 430 g/mol. The molecule has 0 spiro atoms. The molecule has 1 heterocycles. The van der Waals surface area contributed by atoms with Crippen molar-refractivity contribution in [2.75, 3.05) is 58.4 Å². The first-order valence-electron chi connectivity index (χ1n) is 10.6. The lowest BCUT2D eigenvalue weighted by molar-refractivity contribution is -0.131. The predicted molar refractivity (Wildman–Crippen MR) is 124 cm³/mol. The fourth-order valence-electron chi connectivity index (χ4n) is 3.79. The zero-order valence-corrected chi connectivity index (χ0v) is 19.9. The van der Waals surface area contributed by atoms with Crippen molar-refractivity contribution >= 4 is 21.6 Å². The van der Waals surface area contributed by atoms with Gasteiger partial charge in [-0.25, -0.2) is 8.42 Å². The first kappa shape index (κ1) is 23.9. The Morgan fingerprint density at radius 2 is 1.66 bits per heavy atom. The van der Waals surface area contributed by atoms with Crippen LogP contribution in [0.1, 0.15) is 12.5 Å². The Morgan fingerprint density at radius 1 is 1.00 bits per heavy atom. The maximum absolute atomic E-state index is 13.1. The number of benzene rings is 2. The summed E-state index contributed by atoms with van der Waals surface area (Å²) in [5.41, 5.74) is 1.80. The quantitative estimate of drug-likeness (QED) is 0.601. The minimum atomic E-state index is -3.78. The predicted octanol–water partition coefficient (Wildman–Crippen LogP) is 2.37. The maximum atomic E-state index is 13.1. The molecule has 2 aromatic carbocycles. The van der Waals surface area contributed by atoms with E-state index in [0.717, 1.165) is 17.0 Å². The van der Waals surface area contributed by atoms with Gasteiger partial charge < -0.3 is 19.3 Å². The van der Waals surface area contributed by atoms with Gasteiger partial charge in [-0.05, 0) is 55.0 Å².